The van der Waals surface area contributed by atoms with Crippen LogP contribution in [-0.2, 0) is 11.3 Å². The van der Waals surface area contributed by atoms with E-state index < -0.39 is 0 Å². The highest BCUT2D eigenvalue weighted by molar-refractivity contribution is 9.10. The van der Waals surface area contributed by atoms with Gasteiger partial charge in [-0.05, 0) is 53.9 Å². The van der Waals surface area contributed by atoms with E-state index in [4.69, 9.17) is 0 Å². The highest BCUT2D eigenvalue weighted by atomic mass is 79.9. The van der Waals surface area contributed by atoms with Crippen LogP contribution in [0.25, 0.3) is 0 Å². The Hall–Kier alpha value is -1.40. The lowest BCUT2D eigenvalue weighted by molar-refractivity contribution is -0.116. The minimum absolute atomic E-state index is 0.0363. The smallest absolute Gasteiger partial charge is 0.307 e. The topological polar surface area (TPSA) is 51.1 Å². The van der Waals surface area contributed by atoms with Crippen LogP contribution in [0.4, 0.5) is 5.69 Å². The van der Waals surface area contributed by atoms with Gasteiger partial charge in [0.2, 0.25) is 5.91 Å². The second kappa shape index (κ2) is 7.04. The first-order valence-corrected chi connectivity index (χ1v) is 8.35. The molecular formula is C15H17BrN2O2S. The number of benzene rings is 1. The van der Waals surface area contributed by atoms with Gasteiger partial charge < -0.3 is 9.88 Å². The molecule has 0 spiro atoms. The molecule has 21 heavy (non-hydrogen) atoms. The highest BCUT2D eigenvalue weighted by Gasteiger charge is 2.07. The van der Waals surface area contributed by atoms with Crippen LogP contribution in [0.3, 0.4) is 0 Å². The van der Waals surface area contributed by atoms with Crippen LogP contribution in [0.2, 0.25) is 0 Å². The van der Waals surface area contributed by atoms with Crippen LogP contribution in [0, 0.1) is 13.8 Å². The predicted molar refractivity (Wildman–Crippen MR) is 90.1 cm³/mol. The zero-order chi connectivity index (χ0) is 15.4. The van der Waals surface area contributed by atoms with Gasteiger partial charge in [0.1, 0.15) is 0 Å². The number of thiazole rings is 1. The predicted octanol–water partition coefficient (Wildman–Crippen LogP) is 3.71. The third-order valence-electron chi connectivity index (χ3n) is 3.16. The first-order chi connectivity index (χ1) is 9.97. The molecule has 2 rings (SSSR count). The Balaban J connectivity index is 1.87. The Bertz CT molecular complexity index is 706. The van der Waals surface area contributed by atoms with E-state index in [-0.39, 0.29) is 10.8 Å². The number of aromatic nitrogens is 1. The number of aryl methyl sites for hydroxylation is 2. The molecule has 1 amide bonds. The lowest BCUT2D eigenvalue weighted by atomic mass is 10.2. The molecule has 1 N–H and O–H groups in total. The molecule has 0 fully saturated rings. The van der Waals surface area contributed by atoms with Gasteiger partial charge in [-0.1, -0.05) is 17.4 Å². The maximum atomic E-state index is 11.9. The van der Waals surface area contributed by atoms with Crippen molar-refractivity contribution < 1.29 is 4.79 Å². The second-order valence-electron chi connectivity index (χ2n) is 4.93. The minimum Gasteiger partial charge on any atom is -0.325 e. The van der Waals surface area contributed by atoms with Crippen molar-refractivity contribution in [3.63, 3.8) is 0 Å². The van der Waals surface area contributed by atoms with E-state index in [0.717, 1.165) is 21.4 Å². The molecule has 0 unspecified atom stereocenters. The molecule has 4 nitrogen and oxygen atoms in total. The van der Waals surface area contributed by atoms with Crippen molar-refractivity contribution in [2.45, 2.75) is 33.2 Å². The molecule has 0 atom stereocenters. The standard InChI is InChI=1S/C15H17BrN2O2S/c1-10-5-6-13(12(16)8-10)17-14(19)4-3-7-18-11(2)9-21-15(18)20/h5-6,8-9H,3-4,7H2,1-2H3,(H,17,19). The number of amides is 1. The van der Waals surface area contributed by atoms with Crippen LogP contribution in [0.1, 0.15) is 24.1 Å². The second-order valence-corrected chi connectivity index (χ2v) is 6.60. The van der Waals surface area contributed by atoms with E-state index in [1.807, 2.05) is 37.4 Å². The van der Waals surface area contributed by atoms with E-state index in [0.29, 0.717) is 19.4 Å². The molecule has 0 saturated carbocycles. The molecule has 1 aromatic carbocycles. The normalized spacial score (nSPS) is 10.6. The molecule has 112 valence electrons. The van der Waals surface area contributed by atoms with Crippen molar-refractivity contribution in [1.82, 2.24) is 4.57 Å². The van der Waals surface area contributed by atoms with Gasteiger partial charge in [0, 0.05) is 28.5 Å². The van der Waals surface area contributed by atoms with Gasteiger partial charge >= 0.3 is 4.87 Å². The third-order valence-corrected chi connectivity index (χ3v) is 4.70. The van der Waals surface area contributed by atoms with Crippen molar-refractivity contribution in [2.24, 2.45) is 0 Å². The number of hydrogen-bond donors (Lipinski definition) is 1. The molecule has 1 aromatic heterocycles. The van der Waals surface area contributed by atoms with Crippen LogP contribution >= 0.6 is 27.3 Å². The molecule has 0 bridgehead atoms. The molecule has 6 heteroatoms. The number of anilines is 1. The number of carbonyl (C=O) groups excluding carboxylic acids is 1. The largest absolute Gasteiger partial charge is 0.325 e. The molecule has 0 aliphatic carbocycles. The summed E-state index contributed by atoms with van der Waals surface area (Å²) < 4.78 is 2.58. The summed E-state index contributed by atoms with van der Waals surface area (Å²) in [5.74, 6) is -0.0412. The number of carbonyl (C=O) groups is 1. The Labute approximate surface area is 135 Å². The Morgan fingerprint density at radius 1 is 1.38 bits per heavy atom. The van der Waals surface area contributed by atoms with Gasteiger partial charge in [0.15, 0.2) is 0 Å². The van der Waals surface area contributed by atoms with E-state index in [2.05, 4.69) is 21.2 Å². The lowest BCUT2D eigenvalue weighted by Crippen LogP contribution is -2.17. The first kappa shape index (κ1) is 16.0. The van der Waals surface area contributed by atoms with E-state index >= 15 is 0 Å². The molecular weight excluding hydrogens is 352 g/mol. The van der Waals surface area contributed by atoms with Crippen molar-refractivity contribution in [3.8, 4) is 0 Å². The summed E-state index contributed by atoms with van der Waals surface area (Å²) in [5.41, 5.74) is 2.85. The average Bonchev–Trinajstić information content (AvgIpc) is 2.74. The molecule has 0 radical (unpaired) electrons. The summed E-state index contributed by atoms with van der Waals surface area (Å²) in [6.07, 6.45) is 1.04. The van der Waals surface area contributed by atoms with Crippen molar-refractivity contribution >= 4 is 38.9 Å². The summed E-state index contributed by atoms with van der Waals surface area (Å²) in [6.45, 7) is 4.48. The van der Waals surface area contributed by atoms with Crippen LogP contribution in [0.5, 0.6) is 0 Å². The van der Waals surface area contributed by atoms with Crippen molar-refractivity contribution in [1.29, 1.82) is 0 Å². The fourth-order valence-corrected chi connectivity index (χ4v) is 3.36. The monoisotopic (exact) mass is 368 g/mol. The molecule has 2 aromatic rings. The fourth-order valence-electron chi connectivity index (χ4n) is 2.01. The third kappa shape index (κ3) is 4.28. The van der Waals surface area contributed by atoms with Crippen LogP contribution in [-0.4, -0.2) is 10.5 Å². The number of rotatable bonds is 5. The quantitative estimate of drug-likeness (QED) is 0.874. The Morgan fingerprint density at radius 3 is 2.76 bits per heavy atom. The fraction of sp³-hybridized carbons (Fsp3) is 0.333. The zero-order valence-electron chi connectivity index (χ0n) is 12.0. The maximum absolute atomic E-state index is 11.9. The summed E-state index contributed by atoms with van der Waals surface area (Å²) >= 11 is 4.63. The molecule has 1 heterocycles. The molecule has 0 aliphatic rings. The van der Waals surface area contributed by atoms with Gasteiger partial charge in [-0.2, -0.15) is 0 Å². The maximum Gasteiger partial charge on any atom is 0.307 e. The lowest BCUT2D eigenvalue weighted by Gasteiger charge is -2.08. The SMILES string of the molecule is Cc1ccc(NC(=O)CCCn2c(C)csc2=O)c(Br)c1. The summed E-state index contributed by atoms with van der Waals surface area (Å²) in [7, 11) is 0. The minimum atomic E-state index is -0.0412. The van der Waals surface area contributed by atoms with Gasteiger partial charge in [0.25, 0.3) is 0 Å². The van der Waals surface area contributed by atoms with Crippen molar-refractivity contribution in [2.75, 3.05) is 5.32 Å². The summed E-state index contributed by atoms with van der Waals surface area (Å²) in [4.78, 5) is 23.5. The van der Waals surface area contributed by atoms with E-state index in [9.17, 15) is 9.59 Å². The number of hydrogen-bond acceptors (Lipinski definition) is 3. The Kier molecular flexibility index (Phi) is 5.36. The van der Waals surface area contributed by atoms with Gasteiger partial charge in [-0.15, -0.1) is 0 Å². The summed E-state index contributed by atoms with van der Waals surface area (Å²) in [5, 5.41) is 4.72. The van der Waals surface area contributed by atoms with Crippen molar-refractivity contribution in [3.05, 3.63) is 49.0 Å². The van der Waals surface area contributed by atoms with E-state index in [1.54, 1.807) is 4.57 Å². The number of halogens is 1. The number of nitrogens with one attached hydrogen (secondary N) is 1. The van der Waals surface area contributed by atoms with Crippen LogP contribution < -0.4 is 10.2 Å². The van der Waals surface area contributed by atoms with E-state index in [1.165, 1.54) is 11.3 Å². The van der Waals surface area contributed by atoms with Gasteiger partial charge in [0.05, 0.1) is 5.69 Å². The first-order valence-electron chi connectivity index (χ1n) is 6.68. The average molecular weight is 369 g/mol. The van der Waals surface area contributed by atoms with Gasteiger partial charge in [-0.3, -0.25) is 9.59 Å². The number of nitrogens with zero attached hydrogens (tertiary/aromatic N) is 1. The zero-order valence-corrected chi connectivity index (χ0v) is 14.4. The Morgan fingerprint density at radius 2 is 2.14 bits per heavy atom. The molecule has 0 aliphatic heterocycles. The molecule has 0 saturated heterocycles. The summed E-state index contributed by atoms with van der Waals surface area (Å²) in [6, 6.07) is 5.80. The van der Waals surface area contributed by atoms with Gasteiger partial charge in [-0.25, -0.2) is 0 Å². The van der Waals surface area contributed by atoms with Crippen LogP contribution in [0.15, 0.2) is 32.8 Å². The highest BCUT2D eigenvalue weighted by Crippen LogP contribution is 2.23.